The number of benzene rings is 1. The molecule has 43 heavy (non-hydrogen) atoms. The average molecular weight is 607 g/mol. The number of aliphatic imine (C=N–C) groups is 1. The van der Waals surface area contributed by atoms with E-state index in [1.807, 2.05) is 23.9 Å². The molecule has 236 valence electrons. The molecule has 1 aliphatic heterocycles. The number of carbonyl (C=O) groups is 1. The topological polar surface area (TPSA) is 62.1 Å². The van der Waals surface area contributed by atoms with Gasteiger partial charge in [-0.05, 0) is 98.3 Å². The fourth-order valence-electron chi connectivity index (χ4n) is 12.5. The summed E-state index contributed by atoms with van der Waals surface area (Å²) >= 11 is 2.00. The molecule has 0 saturated heterocycles. The Balaban J connectivity index is 1.17. The Morgan fingerprint density at radius 2 is 1.86 bits per heavy atom. The molecule has 5 aliphatic carbocycles. The molecule has 0 amide bonds. The van der Waals surface area contributed by atoms with Gasteiger partial charge in [-0.2, -0.15) is 0 Å². The summed E-state index contributed by atoms with van der Waals surface area (Å²) in [4.78, 5) is 22.5. The van der Waals surface area contributed by atoms with Crippen LogP contribution < -0.4 is 4.74 Å². The van der Waals surface area contributed by atoms with E-state index in [0.717, 1.165) is 50.2 Å². The van der Waals surface area contributed by atoms with Gasteiger partial charge in [0.1, 0.15) is 11.5 Å². The number of fused-ring (bicyclic) bond motifs is 4. The third-order valence-corrected chi connectivity index (χ3v) is 16.4. The SMILES string of the molecule is COc1cccc(CN(C)[C@@H](C)[C@H]2[C@H](O)C[C@@]3(C)[C@@H]4CC[C@H]5[C@]6(C)CSC(C(C)C)=N[C@H]6CC[C@@]56C[C@]46C(=O)C[C@]23C)c1. The smallest absolute Gasteiger partial charge is 0.140 e. The number of nitrogens with zero attached hydrogens (tertiary/aromatic N) is 2. The van der Waals surface area contributed by atoms with Gasteiger partial charge in [0.05, 0.1) is 24.3 Å². The standard InChI is InChI=1S/C37H54N2O3S/c1-22(2)32-38-29-14-15-36-20-37(36)28(13-12-27(36)33(29,4)21-43-32)34(5)17-26(40)31(35(34,6)18-30(37)41)23(3)39(7)19-24-10-9-11-25(16-24)42-8/h9-11,16,22-23,26-29,31,40H,12-15,17-21H2,1-8H3/t23-,26+,27-,28-,29-,31-,33-,34-,35+,36+,37+/m0/s1. The number of hydrogen-bond acceptors (Lipinski definition) is 6. The zero-order valence-electron chi connectivity index (χ0n) is 27.8. The minimum absolute atomic E-state index is 0.0352. The monoisotopic (exact) mass is 606 g/mol. The summed E-state index contributed by atoms with van der Waals surface area (Å²) in [5, 5.41) is 13.3. The van der Waals surface area contributed by atoms with E-state index in [9.17, 15) is 9.90 Å². The number of aliphatic hydroxyl groups excluding tert-OH is 1. The van der Waals surface area contributed by atoms with Crippen LogP contribution in [0.5, 0.6) is 5.75 Å². The maximum absolute atomic E-state index is 14.8. The van der Waals surface area contributed by atoms with Gasteiger partial charge in [0, 0.05) is 47.4 Å². The maximum atomic E-state index is 14.8. The second kappa shape index (κ2) is 9.82. The van der Waals surface area contributed by atoms with Gasteiger partial charge in [0.2, 0.25) is 0 Å². The molecule has 5 saturated carbocycles. The zero-order chi connectivity index (χ0) is 30.7. The first-order chi connectivity index (χ1) is 20.3. The second-order valence-electron chi connectivity index (χ2n) is 16.7. The number of carbonyl (C=O) groups excluding carboxylic acids is 1. The van der Waals surface area contributed by atoms with Gasteiger partial charge in [-0.3, -0.25) is 14.7 Å². The van der Waals surface area contributed by atoms with Gasteiger partial charge in [0.25, 0.3) is 0 Å². The van der Waals surface area contributed by atoms with E-state index in [0.29, 0.717) is 36.0 Å². The van der Waals surface area contributed by atoms with Crippen molar-refractivity contribution >= 4 is 22.6 Å². The fraction of sp³-hybridized carbons (Fsp3) is 0.784. The van der Waals surface area contributed by atoms with Crippen LogP contribution in [0.15, 0.2) is 29.3 Å². The van der Waals surface area contributed by atoms with Gasteiger partial charge < -0.3 is 9.84 Å². The highest BCUT2D eigenvalue weighted by atomic mass is 32.2. The van der Waals surface area contributed by atoms with Crippen molar-refractivity contribution in [3.63, 3.8) is 0 Å². The Labute approximate surface area is 264 Å². The molecule has 0 radical (unpaired) electrons. The molecule has 5 nitrogen and oxygen atoms in total. The van der Waals surface area contributed by atoms with Gasteiger partial charge in [-0.15, -0.1) is 11.8 Å². The van der Waals surface area contributed by atoms with E-state index in [4.69, 9.17) is 9.73 Å². The molecule has 1 heterocycles. The summed E-state index contributed by atoms with van der Waals surface area (Å²) in [6, 6.07) is 8.85. The molecule has 0 aromatic heterocycles. The number of aliphatic hydroxyl groups is 1. The summed E-state index contributed by atoms with van der Waals surface area (Å²) in [5.41, 5.74) is 1.14. The first-order valence-corrected chi connectivity index (χ1v) is 18.0. The molecular weight excluding hydrogens is 552 g/mol. The molecule has 6 aliphatic rings. The summed E-state index contributed by atoms with van der Waals surface area (Å²) in [6.45, 7) is 15.0. The Hall–Kier alpha value is -1.37. The predicted molar refractivity (Wildman–Crippen MR) is 175 cm³/mol. The van der Waals surface area contributed by atoms with Crippen LogP contribution in [0.2, 0.25) is 0 Å². The molecule has 5 fully saturated rings. The van der Waals surface area contributed by atoms with E-state index in [1.165, 1.54) is 17.0 Å². The van der Waals surface area contributed by atoms with E-state index < -0.39 is 0 Å². The number of ketones is 1. The number of ether oxygens (including phenoxy) is 1. The van der Waals surface area contributed by atoms with Crippen molar-refractivity contribution in [1.29, 1.82) is 0 Å². The van der Waals surface area contributed by atoms with Crippen molar-refractivity contribution in [2.45, 2.75) is 111 Å². The number of thioether (sulfide) groups is 1. The quantitative estimate of drug-likeness (QED) is 0.370. The number of rotatable bonds is 6. The summed E-state index contributed by atoms with van der Waals surface area (Å²) in [7, 11) is 3.89. The normalized spacial score (nSPS) is 47.2. The maximum Gasteiger partial charge on any atom is 0.140 e. The van der Waals surface area contributed by atoms with Gasteiger partial charge in [0.15, 0.2) is 0 Å². The molecule has 2 spiro atoms. The summed E-state index contributed by atoms with van der Waals surface area (Å²) in [6.07, 6.45) is 6.80. The summed E-state index contributed by atoms with van der Waals surface area (Å²) in [5.74, 6) is 4.11. The Morgan fingerprint density at radius 3 is 2.58 bits per heavy atom. The number of hydrogen-bond donors (Lipinski definition) is 1. The van der Waals surface area contributed by atoms with Crippen molar-refractivity contribution in [3.8, 4) is 5.75 Å². The largest absolute Gasteiger partial charge is 0.497 e. The van der Waals surface area contributed by atoms with Crippen molar-refractivity contribution in [2.75, 3.05) is 19.9 Å². The molecule has 6 heteroatoms. The molecule has 1 N–H and O–H groups in total. The lowest BCUT2D eigenvalue weighted by molar-refractivity contribution is -0.169. The highest BCUT2D eigenvalue weighted by molar-refractivity contribution is 8.14. The van der Waals surface area contributed by atoms with E-state index in [1.54, 1.807) is 7.11 Å². The molecule has 1 aromatic rings. The van der Waals surface area contributed by atoms with Gasteiger partial charge >= 0.3 is 0 Å². The highest BCUT2D eigenvalue weighted by Crippen LogP contribution is 2.88. The number of Topliss-reactive ketones (excluding diaryl/α,β-unsaturated/α-hetero) is 1. The van der Waals surface area contributed by atoms with Gasteiger partial charge in [-0.25, -0.2) is 0 Å². The third kappa shape index (κ3) is 3.84. The third-order valence-electron chi connectivity index (χ3n) is 14.8. The Kier molecular flexibility index (Phi) is 6.91. The minimum atomic E-state index is -0.389. The number of methoxy groups -OCH3 is 1. The van der Waals surface area contributed by atoms with Crippen LogP contribution >= 0.6 is 11.8 Å². The van der Waals surface area contributed by atoms with Crippen LogP contribution in [-0.2, 0) is 11.3 Å². The predicted octanol–water partition coefficient (Wildman–Crippen LogP) is 7.25. The second-order valence-corrected chi connectivity index (χ2v) is 17.7. The van der Waals surface area contributed by atoms with Crippen LogP contribution in [0, 0.1) is 50.7 Å². The summed E-state index contributed by atoms with van der Waals surface area (Å²) < 4.78 is 5.47. The van der Waals surface area contributed by atoms with E-state index in [2.05, 4.69) is 65.6 Å². The van der Waals surface area contributed by atoms with Crippen molar-refractivity contribution in [2.24, 2.45) is 55.7 Å². The Morgan fingerprint density at radius 1 is 1.12 bits per heavy atom. The van der Waals surface area contributed by atoms with Crippen LogP contribution in [0.3, 0.4) is 0 Å². The van der Waals surface area contributed by atoms with E-state index >= 15 is 0 Å². The first kappa shape index (κ1) is 30.3. The highest BCUT2D eigenvalue weighted by Gasteiger charge is 2.86. The molecule has 0 bridgehead atoms. The first-order valence-electron chi connectivity index (χ1n) is 17.0. The van der Waals surface area contributed by atoms with Gasteiger partial charge in [-0.1, -0.05) is 46.8 Å². The van der Waals surface area contributed by atoms with Crippen LogP contribution in [0.25, 0.3) is 0 Å². The lowest BCUT2D eigenvalue weighted by atomic mass is 9.41. The lowest BCUT2D eigenvalue weighted by Gasteiger charge is -2.63. The minimum Gasteiger partial charge on any atom is -0.497 e. The zero-order valence-corrected chi connectivity index (χ0v) is 28.6. The molecule has 0 unspecified atom stereocenters. The van der Waals surface area contributed by atoms with E-state index in [-0.39, 0.29) is 45.1 Å². The fourth-order valence-corrected chi connectivity index (χ4v) is 13.9. The Bertz CT molecular complexity index is 1350. The van der Waals surface area contributed by atoms with Crippen molar-refractivity contribution in [1.82, 2.24) is 4.90 Å². The van der Waals surface area contributed by atoms with Crippen LogP contribution in [-0.4, -0.2) is 58.9 Å². The molecule has 11 atom stereocenters. The van der Waals surface area contributed by atoms with Crippen molar-refractivity contribution < 1.29 is 14.6 Å². The average Bonchev–Trinajstić information content (AvgIpc) is 3.60. The molecular formula is C37H54N2O3S. The van der Waals surface area contributed by atoms with Crippen LogP contribution in [0.1, 0.15) is 92.1 Å². The molecule has 1 aromatic carbocycles. The van der Waals surface area contributed by atoms with Crippen LogP contribution in [0.4, 0.5) is 0 Å². The van der Waals surface area contributed by atoms with Crippen molar-refractivity contribution in [3.05, 3.63) is 29.8 Å². The lowest BCUT2D eigenvalue weighted by Crippen LogP contribution is -2.62. The molecule has 7 rings (SSSR count).